The summed E-state index contributed by atoms with van der Waals surface area (Å²) in [5.74, 6) is 2.27. The molecule has 21 heteroatoms. The minimum Gasteiger partial charge on any atom is -0.462 e. The van der Waals surface area contributed by atoms with Gasteiger partial charge in [-0.3, -0.25) is 14.6 Å². The van der Waals surface area contributed by atoms with Crippen molar-refractivity contribution >= 4 is 24.0 Å². The van der Waals surface area contributed by atoms with Gasteiger partial charge in [-0.05, 0) is 117 Å². The van der Waals surface area contributed by atoms with Crippen molar-refractivity contribution in [2.24, 2.45) is 5.92 Å². The number of benzene rings is 2. The molecule has 4 fully saturated rings. The Kier molecular flexibility index (Phi) is 22.4. The van der Waals surface area contributed by atoms with Crippen LogP contribution in [-0.2, 0) is 35.7 Å². The lowest BCUT2D eigenvalue weighted by atomic mass is 9.95. The zero-order valence-electron chi connectivity index (χ0n) is 50.9. The molecule has 0 spiro atoms. The van der Waals surface area contributed by atoms with Crippen molar-refractivity contribution in [3.63, 3.8) is 0 Å². The van der Waals surface area contributed by atoms with E-state index in [1.165, 1.54) is 29.5 Å². The molecule has 4 aromatic rings. The smallest absolute Gasteiger partial charge is 0.446 e. The third kappa shape index (κ3) is 17.5. The van der Waals surface area contributed by atoms with Crippen LogP contribution in [0, 0.1) is 28.6 Å². The molecule has 8 heterocycles. The molecule has 10 rings (SSSR count). The maximum atomic E-state index is 13.0. The fourth-order valence-corrected chi connectivity index (χ4v) is 11.9. The minimum atomic E-state index is -4.64. The van der Waals surface area contributed by atoms with Gasteiger partial charge >= 0.3 is 24.3 Å². The van der Waals surface area contributed by atoms with Crippen LogP contribution in [-0.4, -0.2) is 160 Å². The van der Waals surface area contributed by atoms with Crippen LogP contribution in [0.15, 0.2) is 60.7 Å². The van der Waals surface area contributed by atoms with Crippen molar-refractivity contribution in [2.45, 2.75) is 168 Å². The van der Waals surface area contributed by atoms with Gasteiger partial charge in [0.2, 0.25) is 6.29 Å². The molecule has 6 aliphatic heterocycles. The highest BCUT2D eigenvalue weighted by molar-refractivity contribution is 5.69. The molecule has 0 aliphatic carbocycles. The van der Waals surface area contributed by atoms with Crippen LogP contribution >= 0.6 is 0 Å². The molecule has 2 aromatic carbocycles. The van der Waals surface area contributed by atoms with E-state index in [4.69, 9.17) is 40.3 Å². The summed E-state index contributed by atoms with van der Waals surface area (Å²) in [7, 11) is 4.31. The number of carbonyl (C=O) groups is 2. The molecular formula is C62H86F3N13O5. The average molecular weight is 1150 g/mol. The van der Waals surface area contributed by atoms with E-state index in [0.717, 1.165) is 100 Å². The highest BCUT2D eigenvalue weighted by Crippen LogP contribution is 2.43. The summed E-state index contributed by atoms with van der Waals surface area (Å²) in [4.78, 5) is 57.4. The topological polar surface area (TPSA) is 184 Å². The molecule has 0 N–H and O–H groups in total. The highest BCUT2D eigenvalue weighted by Gasteiger charge is 2.40. The second-order valence-corrected chi connectivity index (χ2v) is 23.3. The van der Waals surface area contributed by atoms with E-state index < -0.39 is 18.1 Å². The molecule has 4 saturated heterocycles. The number of anilines is 2. The summed E-state index contributed by atoms with van der Waals surface area (Å²) in [6.45, 7) is 22.3. The summed E-state index contributed by atoms with van der Waals surface area (Å²) in [6.07, 6.45) is 1.63. The maximum Gasteiger partial charge on any atom is 0.446 e. The largest absolute Gasteiger partial charge is 0.462 e. The van der Waals surface area contributed by atoms with Crippen LogP contribution in [0.25, 0.3) is 0 Å². The van der Waals surface area contributed by atoms with E-state index in [1.54, 1.807) is 11.8 Å². The third-order valence-corrected chi connectivity index (χ3v) is 16.3. The first kappa shape index (κ1) is 62.4. The first-order valence-electron chi connectivity index (χ1n) is 30.0. The number of hydrogen-bond donors (Lipinski definition) is 0. The Morgan fingerprint density at radius 2 is 1.14 bits per heavy atom. The Morgan fingerprint density at radius 1 is 0.687 bits per heavy atom. The first-order valence-corrected chi connectivity index (χ1v) is 29.3. The van der Waals surface area contributed by atoms with Crippen molar-refractivity contribution in [1.29, 1.82) is 10.5 Å². The lowest BCUT2D eigenvalue weighted by Crippen LogP contribution is -2.56. The number of rotatable bonds is 14. The van der Waals surface area contributed by atoms with E-state index >= 15 is 0 Å². The Morgan fingerprint density at radius 3 is 1.57 bits per heavy atom. The highest BCUT2D eigenvalue weighted by atomic mass is 19.4. The molecule has 83 heavy (non-hydrogen) atoms. The van der Waals surface area contributed by atoms with Crippen LogP contribution in [0.3, 0.4) is 0 Å². The second-order valence-electron chi connectivity index (χ2n) is 23.3. The van der Waals surface area contributed by atoms with Gasteiger partial charge in [-0.15, -0.1) is 0 Å². The fraction of sp³-hybridized carbons (Fsp3) is 0.613. The summed E-state index contributed by atoms with van der Waals surface area (Å²) in [5, 5.41) is 18.9. The number of aromatic nitrogens is 4. The van der Waals surface area contributed by atoms with Crippen molar-refractivity contribution in [2.75, 3.05) is 82.9 Å². The molecule has 1 amide bonds. The lowest BCUT2D eigenvalue weighted by Gasteiger charge is -2.42. The molecule has 450 valence electrons. The second kappa shape index (κ2) is 29.7. The van der Waals surface area contributed by atoms with Crippen LogP contribution in [0.2, 0.25) is 0 Å². The van der Waals surface area contributed by atoms with E-state index in [2.05, 4.69) is 124 Å². The van der Waals surface area contributed by atoms with Crippen LogP contribution in [0.1, 0.15) is 147 Å². The Labute approximate surface area is 490 Å². The molecule has 2 unspecified atom stereocenters. The zero-order valence-corrected chi connectivity index (χ0v) is 49.9. The number of piperazine rings is 1. The minimum absolute atomic E-state index is 0.105. The normalized spacial score (nSPS) is 23.0. The molecular weight excluding hydrogens is 1060 g/mol. The van der Waals surface area contributed by atoms with Gasteiger partial charge in [-0.25, -0.2) is 4.79 Å². The van der Waals surface area contributed by atoms with Gasteiger partial charge < -0.3 is 38.7 Å². The number of amides is 1. The van der Waals surface area contributed by atoms with Crippen LogP contribution in [0.5, 0.6) is 12.0 Å². The van der Waals surface area contributed by atoms with Crippen LogP contribution < -0.4 is 19.3 Å². The van der Waals surface area contributed by atoms with E-state index in [9.17, 15) is 28.5 Å². The Bertz CT molecular complexity index is 2840. The monoisotopic (exact) mass is 1150 g/mol. The number of piperidine rings is 1. The van der Waals surface area contributed by atoms with Gasteiger partial charge in [0.05, 0.1) is 36.0 Å². The number of likely N-dealkylation sites (N-methyl/N-ethyl adjacent to an activating group) is 2. The Balaban J connectivity index is 0.000000213. The van der Waals surface area contributed by atoms with Crippen LogP contribution in [0.4, 0.5) is 29.6 Å². The number of hydrogen-bond acceptors (Lipinski definition) is 17. The summed E-state index contributed by atoms with van der Waals surface area (Å²) in [6, 6.07) is 27.5. The van der Waals surface area contributed by atoms with E-state index in [-0.39, 0.29) is 30.6 Å². The first-order chi connectivity index (χ1) is 40.2. The SMILES string of the molecule is CC1c2c(nc(OC[C@@H]3CCCN3C)nc2N2CCC[C@@H](CC#N)C2)CN1Cc1ccccc1.CC1c2c(nc(OC[C@@H]3CCCN3C)nc2N2CCN(C(=O)OC(C)(C)C)[C@@H](CC#N)C2)CN1Cc1ccccc1.O=CC(F)(F)F.[2H]CC. The van der Waals surface area contributed by atoms with Gasteiger partial charge in [-0.2, -0.15) is 43.6 Å². The molecule has 6 aliphatic rings. The molecule has 2 aromatic heterocycles. The maximum absolute atomic E-state index is 13.0. The van der Waals surface area contributed by atoms with Gasteiger partial charge in [0.25, 0.3) is 0 Å². The zero-order chi connectivity index (χ0) is 60.6. The van der Waals surface area contributed by atoms with Gasteiger partial charge in [-0.1, -0.05) is 74.5 Å². The molecule has 6 atom stereocenters. The number of fused-ring (bicyclic) bond motifs is 2. The average Bonchev–Trinajstić information content (AvgIpc) is 2.20. The lowest BCUT2D eigenvalue weighted by molar-refractivity contribution is -0.156. The number of ether oxygens (including phenoxy) is 3. The number of halogens is 3. The number of aldehydes is 1. The standard InChI is InChI=1S/C31H43N7O3.C27H36N6O.C2HF3O.C2H6/c1-22-27-26(20-37(22)18-23-10-7-6-8-11-23)33-29(40-21-25-12-9-15-35(25)5)34-28(27)36-16-17-38(24(19-36)13-14-32)30(39)41-31(2,3)4;1-20-25-24(18-33(20)17-21-8-4-3-5-9-21)29-27(34-19-23-11-7-14-31(23)2)30-26(25)32-15-6-10-22(16-32)12-13-28;3-2(4,5)1-6;1-2/h6-8,10-11,22,24-25H,9,12-13,15-21H2,1-5H3;3-5,8-9,20,22-23H,6-7,10-12,14-19H2,1-2H3;1H;1-2H3/t22?,24-,25-;20?,22-,23-;;/m00../s1/i;;;1D. The van der Waals surface area contributed by atoms with E-state index in [1.807, 2.05) is 26.8 Å². The number of likely N-dealkylation sites (tertiary alicyclic amines) is 2. The summed E-state index contributed by atoms with van der Waals surface area (Å²) < 4.78 is 55.6. The van der Waals surface area contributed by atoms with Gasteiger partial charge in [0.1, 0.15) is 30.5 Å². The quantitative estimate of drug-likeness (QED) is 0.109. The van der Waals surface area contributed by atoms with E-state index in [0.29, 0.717) is 82.7 Å². The number of carbonyl (C=O) groups excluding carboxylic acids is 2. The Hall–Kier alpha value is -6.65. The third-order valence-electron chi connectivity index (χ3n) is 16.3. The number of alkyl halides is 3. The molecule has 0 radical (unpaired) electrons. The molecule has 0 saturated carbocycles. The predicted molar refractivity (Wildman–Crippen MR) is 312 cm³/mol. The summed E-state index contributed by atoms with van der Waals surface area (Å²) in [5.41, 5.74) is 6.37. The summed E-state index contributed by atoms with van der Waals surface area (Å²) >= 11 is 0. The molecule has 18 nitrogen and oxygen atoms in total. The number of nitriles is 2. The van der Waals surface area contributed by atoms with Gasteiger partial charge in [0.15, 0.2) is 0 Å². The molecule has 0 bridgehead atoms. The van der Waals surface area contributed by atoms with Crippen molar-refractivity contribution in [3.8, 4) is 24.2 Å². The predicted octanol–water partition coefficient (Wildman–Crippen LogP) is 10.3. The van der Waals surface area contributed by atoms with Gasteiger partial charge in [0, 0.05) is 102 Å². The van der Waals surface area contributed by atoms with Crippen molar-refractivity contribution in [1.82, 2.24) is 44.4 Å². The number of nitrogens with zero attached hydrogens (tertiary/aromatic N) is 13. The van der Waals surface area contributed by atoms with Crippen molar-refractivity contribution in [3.05, 3.63) is 94.3 Å². The fourth-order valence-electron chi connectivity index (χ4n) is 11.9. The van der Waals surface area contributed by atoms with Crippen molar-refractivity contribution < 1.29 is 38.3 Å².